The molecule has 0 aliphatic carbocycles. The lowest BCUT2D eigenvalue weighted by molar-refractivity contribution is 0.591. The Kier molecular flexibility index (Phi) is 6.35. The van der Waals surface area contributed by atoms with Crippen molar-refractivity contribution in [1.29, 1.82) is 0 Å². The van der Waals surface area contributed by atoms with Gasteiger partial charge in [-0.05, 0) is 12.0 Å². The van der Waals surface area contributed by atoms with Crippen LogP contribution in [-0.4, -0.2) is 40.8 Å². The monoisotopic (exact) mass is 283 g/mol. The summed E-state index contributed by atoms with van der Waals surface area (Å²) < 4.78 is 23.8. The van der Waals surface area contributed by atoms with Crippen LogP contribution in [0.3, 0.4) is 0 Å². The standard InChI is InChI=1S/C13H21N3O2S/c1-14-13(15-2)16-9-6-10-19(17,18)11-12-7-4-3-5-8-12/h3-5,7-8H,6,9-11H2,1-2H3,(H2,14,15,16). The Morgan fingerprint density at radius 2 is 1.95 bits per heavy atom. The molecule has 1 aromatic carbocycles. The number of sulfone groups is 1. The summed E-state index contributed by atoms with van der Waals surface area (Å²) in [5.41, 5.74) is 0.835. The van der Waals surface area contributed by atoms with Crippen molar-refractivity contribution < 1.29 is 8.42 Å². The topological polar surface area (TPSA) is 70.6 Å². The van der Waals surface area contributed by atoms with E-state index in [2.05, 4.69) is 15.6 Å². The van der Waals surface area contributed by atoms with Crippen LogP contribution < -0.4 is 10.6 Å². The van der Waals surface area contributed by atoms with E-state index in [9.17, 15) is 8.42 Å². The maximum atomic E-state index is 11.9. The summed E-state index contributed by atoms with van der Waals surface area (Å²) in [7, 11) is 0.391. The minimum Gasteiger partial charge on any atom is -0.359 e. The van der Waals surface area contributed by atoms with Crippen LogP contribution in [0.4, 0.5) is 0 Å². The summed E-state index contributed by atoms with van der Waals surface area (Å²) in [6, 6.07) is 9.24. The Morgan fingerprint density at radius 1 is 1.26 bits per heavy atom. The third-order valence-corrected chi connectivity index (χ3v) is 4.30. The van der Waals surface area contributed by atoms with Crippen LogP contribution in [0.15, 0.2) is 35.3 Å². The molecule has 0 aromatic heterocycles. The maximum Gasteiger partial charge on any atom is 0.190 e. The summed E-state index contributed by atoms with van der Waals surface area (Å²) in [4.78, 5) is 3.95. The number of guanidine groups is 1. The Bertz CT molecular complexity index is 498. The molecule has 0 bridgehead atoms. The van der Waals surface area contributed by atoms with Crippen molar-refractivity contribution >= 4 is 15.8 Å². The number of nitrogens with zero attached hydrogens (tertiary/aromatic N) is 1. The fraction of sp³-hybridized carbons (Fsp3) is 0.462. The molecule has 1 aromatic rings. The third kappa shape index (κ3) is 6.24. The Balaban J connectivity index is 2.36. The van der Waals surface area contributed by atoms with Crippen LogP contribution >= 0.6 is 0 Å². The number of aliphatic imine (C=N–C) groups is 1. The first kappa shape index (κ1) is 15.5. The third-order valence-electron chi connectivity index (χ3n) is 2.61. The zero-order chi connectivity index (χ0) is 14.1. The second-order valence-corrected chi connectivity index (χ2v) is 6.36. The zero-order valence-electron chi connectivity index (χ0n) is 11.4. The predicted molar refractivity (Wildman–Crippen MR) is 79.0 cm³/mol. The van der Waals surface area contributed by atoms with E-state index in [-0.39, 0.29) is 11.5 Å². The lowest BCUT2D eigenvalue weighted by Gasteiger charge is -2.08. The van der Waals surface area contributed by atoms with Gasteiger partial charge in [-0.1, -0.05) is 30.3 Å². The van der Waals surface area contributed by atoms with Crippen LogP contribution in [0.1, 0.15) is 12.0 Å². The van der Waals surface area contributed by atoms with E-state index in [1.165, 1.54) is 0 Å². The highest BCUT2D eigenvalue weighted by molar-refractivity contribution is 7.90. The minimum absolute atomic E-state index is 0.106. The SMILES string of the molecule is CN=C(NC)NCCCS(=O)(=O)Cc1ccccc1. The molecule has 6 heteroatoms. The van der Waals surface area contributed by atoms with Gasteiger partial charge in [-0.2, -0.15) is 0 Å². The molecule has 0 heterocycles. The van der Waals surface area contributed by atoms with Gasteiger partial charge in [0, 0.05) is 20.6 Å². The molecule has 1 rings (SSSR count). The van der Waals surface area contributed by atoms with E-state index in [0.29, 0.717) is 18.9 Å². The van der Waals surface area contributed by atoms with E-state index >= 15 is 0 Å². The predicted octanol–water partition coefficient (Wildman–Crippen LogP) is 0.786. The molecule has 0 fully saturated rings. The van der Waals surface area contributed by atoms with Crippen molar-refractivity contribution in [2.45, 2.75) is 12.2 Å². The highest BCUT2D eigenvalue weighted by Gasteiger charge is 2.11. The summed E-state index contributed by atoms with van der Waals surface area (Å²) in [5, 5.41) is 5.91. The Labute approximate surface area is 115 Å². The van der Waals surface area contributed by atoms with Gasteiger partial charge >= 0.3 is 0 Å². The average molecular weight is 283 g/mol. The van der Waals surface area contributed by atoms with Crippen molar-refractivity contribution in [3.8, 4) is 0 Å². The quantitative estimate of drug-likeness (QED) is 0.460. The van der Waals surface area contributed by atoms with Gasteiger partial charge in [0.25, 0.3) is 0 Å². The van der Waals surface area contributed by atoms with E-state index in [1.54, 1.807) is 14.1 Å². The van der Waals surface area contributed by atoms with Gasteiger partial charge in [0.1, 0.15) is 0 Å². The lowest BCUT2D eigenvalue weighted by atomic mass is 10.2. The van der Waals surface area contributed by atoms with Crippen LogP contribution in [0.25, 0.3) is 0 Å². The summed E-state index contributed by atoms with van der Waals surface area (Å²) in [6.45, 7) is 0.585. The molecule has 0 aliphatic heterocycles. The first-order valence-electron chi connectivity index (χ1n) is 6.20. The molecule has 19 heavy (non-hydrogen) atoms. The van der Waals surface area contributed by atoms with Crippen LogP contribution in [-0.2, 0) is 15.6 Å². The van der Waals surface area contributed by atoms with E-state index in [4.69, 9.17) is 0 Å². The zero-order valence-corrected chi connectivity index (χ0v) is 12.2. The average Bonchev–Trinajstić information content (AvgIpc) is 2.39. The van der Waals surface area contributed by atoms with Gasteiger partial charge in [-0.15, -0.1) is 0 Å². The maximum absolute atomic E-state index is 11.9. The molecule has 5 nitrogen and oxygen atoms in total. The number of hydrogen-bond acceptors (Lipinski definition) is 3. The van der Waals surface area contributed by atoms with Gasteiger partial charge < -0.3 is 10.6 Å². The molecule has 0 saturated carbocycles. The second-order valence-electron chi connectivity index (χ2n) is 4.18. The second kappa shape index (κ2) is 7.78. The molecule has 0 aliphatic rings. The number of hydrogen-bond donors (Lipinski definition) is 2. The van der Waals surface area contributed by atoms with Crippen LogP contribution in [0.2, 0.25) is 0 Å². The Morgan fingerprint density at radius 3 is 2.53 bits per heavy atom. The Hall–Kier alpha value is -1.56. The van der Waals surface area contributed by atoms with E-state index < -0.39 is 9.84 Å². The van der Waals surface area contributed by atoms with Crippen molar-refractivity contribution in [1.82, 2.24) is 10.6 Å². The summed E-state index contributed by atoms with van der Waals surface area (Å²) >= 11 is 0. The van der Waals surface area contributed by atoms with Gasteiger partial charge in [0.2, 0.25) is 0 Å². The fourth-order valence-electron chi connectivity index (χ4n) is 1.68. The van der Waals surface area contributed by atoms with E-state index in [1.807, 2.05) is 30.3 Å². The molecule has 0 radical (unpaired) electrons. The minimum atomic E-state index is -3.05. The first-order chi connectivity index (χ1) is 9.07. The van der Waals surface area contributed by atoms with E-state index in [0.717, 1.165) is 5.56 Å². The molecular weight excluding hydrogens is 262 g/mol. The first-order valence-corrected chi connectivity index (χ1v) is 8.02. The van der Waals surface area contributed by atoms with Crippen molar-refractivity contribution in [2.75, 3.05) is 26.4 Å². The van der Waals surface area contributed by atoms with Crippen LogP contribution in [0, 0.1) is 0 Å². The lowest BCUT2D eigenvalue weighted by Crippen LogP contribution is -2.35. The summed E-state index contributed by atoms with van der Waals surface area (Å²) in [5.74, 6) is 0.949. The number of rotatable bonds is 6. The highest BCUT2D eigenvalue weighted by Crippen LogP contribution is 2.06. The van der Waals surface area contributed by atoms with Gasteiger partial charge in [0.05, 0.1) is 11.5 Å². The van der Waals surface area contributed by atoms with Crippen molar-refractivity contribution in [3.63, 3.8) is 0 Å². The number of benzene rings is 1. The van der Waals surface area contributed by atoms with Crippen LogP contribution in [0.5, 0.6) is 0 Å². The van der Waals surface area contributed by atoms with Crippen molar-refractivity contribution in [2.24, 2.45) is 4.99 Å². The largest absolute Gasteiger partial charge is 0.359 e. The molecular formula is C13H21N3O2S. The summed E-state index contributed by atoms with van der Waals surface area (Å²) in [6.07, 6.45) is 0.565. The van der Waals surface area contributed by atoms with Crippen molar-refractivity contribution in [3.05, 3.63) is 35.9 Å². The molecule has 0 atom stereocenters. The van der Waals surface area contributed by atoms with Gasteiger partial charge in [0.15, 0.2) is 15.8 Å². The smallest absolute Gasteiger partial charge is 0.190 e. The number of nitrogens with one attached hydrogen (secondary N) is 2. The fourth-order valence-corrected chi connectivity index (χ4v) is 3.11. The van der Waals surface area contributed by atoms with Gasteiger partial charge in [-0.3, -0.25) is 4.99 Å². The normalized spacial score (nSPS) is 12.2. The van der Waals surface area contributed by atoms with Gasteiger partial charge in [-0.25, -0.2) is 8.42 Å². The molecule has 106 valence electrons. The molecule has 0 saturated heterocycles. The molecule has 2 N–H and O–H groups in total. The highest BCUT2D eigenvalue weighted by atomic mass is 32.2. The molecule has 0 amide bonds. The molecule has 0 unspecified atom stereocenters. The molecule has 0 spiro atoms.